The van der Waals surface area contributed by atoms with E-state index < -0.39 is 5.25 Å². The fourth-order valence-electron chi connectivity index (χ4n) is 3.66. The highest BCUT2D eigenvalue weighted by molar-refractivity contribution is 8.00. The topological polar surface area (TPSA) is 85.3 Å². The zero-order chi connectivity index (χ0) is 24.0. The van der Waals surface area contributed by atoms with E-state index in [0.29, 0.717) is 34.5 Å². The number of furan rings is 2. The number of nitrogens with zero attached hydrogens (tertiary/aromatic N) is 4. The molecule has 2 aromatic carbocycles. The van der Waals surface area contributed by atoms with Crippen LogP contribution in [0.15, 0.2) is 111 Å². The van der Waals surface area contributed by atoms with E-state index in [1.54, 1.807) is 41.7 Å². The first-order valence-corrected chi connectivity index (χ1v) is 12.1. The van der Waals surface area contributed by atoms with Gasteiger partial charge in [-0.15, -0.1) is 10.2 Å². The maximum Gasteiger partial charge on any atom is 0.245 e. The molecule has 0 aliphatic carbocycles. The summed E-state index contributed by atoms with van der Waals surface area (Å²) in [7, 11) is 0. The van der Waals surface area contributed by atoms with E-state index in [4.69, 9.17) is 13.8 Å². The predicted molar refractivity (Wildman–Crippen MR) is 135 cm³/mol. The lowest BCUT2D eigenvalue weighted by Gasteiger charge is -2.26. The van der Waals surface area contributed by atoms with Crippen LogP contribution in [0.25, 0.3) is 22.9 Å². The van der Waals surface area contributed by atoms with Gasteiger partial charge in [-0.25, -0.2) is 4.98 Å². The molecule has 35 heavy (non-hydrogen) atoms. The van der Waals surface area contributed by atoms with Crippen LogP contribution in [-0.4, -0.2) is 26.3 Å². The van der Waals surface area contributed by atoms with E-state index in [9.17, 15) is 4.79 Å². The minimum absolute atomic E-state index is 0.0619. The van der Waals surface area contributed by atoms with Crippen molar-refractivity contribution in [3.8, 4) is 22.9 Å². The van der Waals surface area contributed by atoms with Crippen LogP contribution in [-0.2, 0) is 4.79 Å². The second-order valence-corrected chi connectivity index (χ2v) is 8.78. The zero-order valence-corrected chi connectivity index (χ0v) is 19.8. The Hall–Kier alpha value is -4.17. The fraction of sp³-hybridized carbons (Fsp3) is 0.111. The van der Waals surface area contributed by atoms with Gasteiger partial charge in [0.05, 0.1) is 17.8 Å². The van der Waals surface area contributed by atoms with Gasteiger partial charge in [0.1, 0.15) is 5.69 Å². The maximum absolute atomic E-state index is 13.8. The van der Waals surface area contributed by atoms with Crippen LogP contribution in [0.4, 0.5) is 11.4 Å². The van der Waals surface area contributed by atoms with Crippen molar-refractivity contribution in [1.29, 1.82) is 0 Å². The number of hydrogen-bond acceptors (Lipinski definition) is 7. The van der Waals surface area contributed by atoms with Gasteiger partial charge in [0.25, 0.3) is 0 Å². The molecular formula is C27H22N4O3S. The van der Waals surface area contributed by atoms with Crippen LogP contribution in [0.5, 0.6) is 0 Å². The van der Waals surface area contributed by atoms with Crippen LogP contribution in [0.2, 0.25) is 0 Å². The number of aromatic nitrogens is 3. The molecule has 8 heteroatoms. The zero-order valence-electron chi connectivity index (χ0n) is 18.9. The van der Waals surface area contributed by atoms with Crippen molar-refractivity contribution in [2.24, 2.45) is 0 Å². The number of carbonyl (C=O) groups excluding carboxylic acids is 1. The Bertz CT molecular complexity index is 1340. The lowest BCUT2D eigenvalue weighted by Crippen LogP contribution is -2.34. The molecule has 5 rings (SSSR count). The number of benzene rings is 2. The first kappa shape index (κ1) is 22.6. The molecule has 174 valence electrons. The molecule has 1 amide bonds. The molecule has 0 bridgehead atoms. The van der Waals surface area contributed by atoms with Crippen LogP contribution < -0.4 is 4.90 Å². The first-order chi connectivity index (χ1) is 17.2. The van der Waals surface area contributed by atoms with E-state index in [1.165, 1.54) is 11.8 Å². The summed E-state index contributed by atoms with van der Waals surface area (Å²) in [4.78, 5) is 20.3. The number of para-hydroxylation sites is 2. The second-order valence-electron chi connectivity index (χ2n) is 7.61. The number of anilines is 2. The molecule has 0 radical (unpaired) electrons. The number of hydrogen-bond donors (Lipinski definition) is 0. The van der Waals surface area contributed by atoms with E-state index in [1.807, 2.05) is 67.6 Å². The van der Waals surface area contributed by atoms with Crippen LogP contribution in [0, 0.1) is 0 Å². The summed E-state index contributed by atoms with van der Waals surface area (Å²) in [6.45, 7) is 1.97. The number of rotatable bonds is 8. The first-order valence-electron chi connectivity index (χ1n) is 11.2. The van der Waals surface area contributed by atoms with Crippen molar-refractivity contribution in [2.75, 3.05) is 4.90 Å². The highest BCUT2D eigenvalue weighted by atomic mass is 32.2. The monoisotopic (exact) mass is 482 g/mol. The smallest absolute Gasteiger partial charge is 0.245 e. The third-order valence-electron chi connectivity index (χ3n) is 5.32. The quantitative estimate of drug-likeness (QED) is 0.230. The molecule has 3 heterocycles. The van der Waals surface area contributed by atoms with Crippen molar-refractivity contribution in [3.05, 3.63) is 97.5 Å². The summed E-state index contributed by atoms with van der Waals surface area (Å²) in [5.74, 6) is 1.02. The second kappa shape index (κ2) is 10.4. The third kappa shape index (κ3) is 4.88. The van der Waals surface area contributed by atoms with Gasteiger partial charge in [-0.1, -0.05) is 55.1 Å². The average molecular weight is 483 g/mol. The van der Waals surface area contributed by atoms with E-state index in [0.717, 1.165) is 11.4 Å². The largest absolute Gasteiger partial charge is 0.463 e. The van der Waals surface area contributed by atoms with E-state index >= 15 is 0 Å². The van der Waals surface area contributed by atoms with Crippen molar-refractivity contribution in [2.45, 2.75) is 23.8 Å². The van der Waals surface area contributed by atoms with Crippen molar-refractivity contribution in [3.63, 3.8) is 0 Å². The summed E-state index contributed by atoms with van der Waals surface area (Å²) < 4.78 is 11.1. The Kier molecular flexibility index (Phi) is 6.72. The highest BCUT2D eigenvalue weighted by Gasteiger charge is 2.28. The Morgan fingerprint density at radius 3 is 1.89 bits per heavy atom. The Balaban J connectivity index is 1.49. The van der Waals surface area contributed by atoms with Crippen LogP contribution in [0.3, 0.4) is 0 Å². The highest BCUT2D eigenvalue weighted by Crippen LogP contribution is 2.34. The van der Waals surface area contributed by atoms with Crippen LogP contribution >= 0.6 is 11.8 Å². The molecule has 5 aromatic rings. The number of carbonyl (C=O) groups is 1. The maximum atomic E-state index is 13.8. The van der Waals surface area contributed by atoms with Gasteiger partial charge in [0.15, 0.2) is 17.2 Å². The van der Waals surface area contributed by atoms with Crippen LogP contribution in [0.1, 0.15) is 13.3 Å². The third-order valence-corrected chi connectivity index (χ3v) is 6.52. The van der Waals surface area contributed by atoms with E-state index in [-0.39, 0.29) is 5.91 Å². The number of thioether (sulfide) groups is 1. The Morgan fingerprint density at radius 1 is 0.800 bits per heavy atom. The molecular weight excluding hydrogens is 460 g/mol. The van der Waals surface area contributed by atoms with Crippen molar-refractivity contribution < 1.29 is 13.6 Å². The summed E-state index contributed by atoms with van der Waals surface area (Å²) in [5, 5.41) is 8.63. The van der Waals surface area contributed by atoms with Gasteiger partial charge in [0.2, 0.25) is 11.1 Å². The lowest BCUT2D eigenvalue weighted by molar-refractivity contribution is -0.117. The molecule has 0 aliphatic heterocycles. The molecule has 0 saturated heterocycles. The summed E-state index contributed by atoms with van der Waals surface area (Å²) in [5.41, 5.74) is 2.58. The standard InChI is InChI=1S/C27H22N4O3S/c1-2-23(26(32)31(19-11-5-3-6-12-19)20-13-7-4-8-14-20)35-27-28-24(21-15-9-17-33-21)25(29-30-27)22-16-10-18-34-22/h3-18,23H,2H2,1H3. The molecule has 3 aromatic heterocycles. The van der Waals surface area contributed by atoms with Gasteiger partial charge in [-0.3, -0.25) is 9.69 Å². The fourth-order valence-corrected chi connectivity index (χ4v) is 4.52. The Labute approximate surface area is 206 Å². The molecule has 1 unspecified atom stereocenters. The molecule has 0 saturated carbocycles. The molecule has 0 spiro atoms. The minimum atomic E-state index is -0.434. The van der Waals surface area contributed by atoms with Gasteiger partial charge in [0, 0.05) is 11.4 Å². The van der Waals surface area contributed by atoms with Gasteiger partial charge in [-0.05, 0) is 55.0 Å². The Morgan fingerprint density at radius 2 is 1.37 bits per heavy atom. The molecule has 0 N–H and O–H groups in total. The minimum Gasteiger partial charge on any atom is -0.463 e. The van der Waals surface area contributed by atoms with Gasteiger partial charge >= 0.3 is 0 Å². The normalized spacial score (nSPS) is 11.8. The molecule has 0 fully saturated rings. The molecule has 0 aliphatic rings. The van der Waals surface area contributed by atoms with Crippen molar-refractivity contribution >= 4 is 29.0 Å². The van der Waals surface area contributed by atoms with Gasteiger partial charge < -0.3 is 8.83 Å². The van der Waals surface area contributed by atoms with E-state index in [2.05, 4.69) is 10.2 Å². The predicted octanol–water partition coefficient (Wildman–Crippen LogP) is 6.63. The summed E-state index contributed by atoms with van der Waals surface area (Å²) >= 11 is 1.28. The molecule has 1 atom stereocenters. The summed E-state index contributed by atoms with van der Waals surface area (Å²) in [6, 6.07) is 26.4. The van der Waals surface area contributed by atoms with Gasteiger partial charge in [-0.2, -0.15) is 0 Å². The number of amides is 1. The van der Waals surface area contributed by atoms with Crippen molar-refractivity contribution in [1.82, 2.24) is 15.2 Å². The lowest BCUT2D eigenvalue weighted by atomic mass is 10.2. The average Bonchev–Trinajstić information content (AvgIpc) is 3.64. The molecule has 7 nitrogen and oxygen atoms in total. The SMILES string of the molecule is CCC(Sc1nnc(-c2ccco2)c(-c2ccco2)n1)C(=O)N(c1ccccc1)c1ccccc1. The summed E-state index contributed by atoms with van der Waals surface area (Å²) in [6.07, 6.45) is 3.73.